The van der Waals surface area contributed by atoms with Gasteiger partial charge in [0.2, 0.25) is 15.9 Å². The molecule has 1 aliphatic rings. The molecule has 0 unspecified atom stereocenters. The Morgan fingerprint density at radius 1 is 0.967 bits per heavy atom. The van der Waals surface area contributed by atoms with Crippen LogP contribution in [0, 0.1) is 0 Å². The summed E-state index contributed by atoms with van der Waals surface area (Å²) >= 11 is 13.7. The van der Waals surface area contributed by atoms with E-state index >= 15 is 0 Å². The second kappa shape index (κ2) is 10.9. The number of amides is 1. The number of rotatable bonds is 7. The number of nitrogens with one attached hydrogen (secondary N) is 1. The largest absolute Gasteiger partial charge is 0.325 e. The Bertz CT molecular complexity index is 954. The maximum atomic E-state index is 12.8. The van der Waals surface area contributed by atoms with Crippen LogP contribution in [-0.2, 0) is 20.6 Å². The van der Waals surface area contributed by atoms with Crippen molar-refractivity contribution in [2.75, 3.05) is 24.2 Å². The molecule has 0 aromatic heterocycles. The van der Waals surface area contributed by atoms with Crippen molar-refractivity contribution in [2.45, 2.75) is 36.3 Å². The lowest BCUT2D eigenvalue weighted by Gasteiger charge is -2.20. The van der Waals surface area contributed by atoms with Crippen molar-refractivity contribution in [1.82, 2.24) is 4.31 Å². The molecule has 0 radical (unpaired) electrons. The summed E-state index contributed by atoms with van der Waals surface area (Å²) in [7, 11) is -3.49. The highest BCUT2D eigenvalue weighted by Gasteiger charge is 2.25. The van der Waals surface area contributed by atoms with Crippen LogP contribution in [0.3, 0.4) is 0 Å². The number of hydrogen-bond acceptors (Lipinski definition) is 4. The smallest absolute Gasteiger partial charge is 0.243 e. The van der Waals surface area contributed by atoms with Gasteiger partial charge in [0, 0.05) is 34.6 Å². The van der Waals surface area contributed by atoms with Gasteiger partial charge in [0.15, 0.2) is 0 Å². The number of halogens is 2. The third-order valence-electron chi connectivity index (χ3n) is 4.88. The van der Waals surface area contributed by atoms with Gasteiger partial charge in [0.05, 0.1) is 10.6 Å². The molecule has 1 N–H and O–H groups in total. The van der Waals surface area contributed by atoms with E-state index in [4.69, 9.17) is 23.2 Å². The minimum absolute atomic E-state index is 0.175. The van der Waals surface area contributed by atoms with Gasteiger partial charge in [-0.2, -0.15) is 4.31 Å². The average Bonchev–Trinajstić information content (AvgIpc) is 3.01. The van der Waals surface area contributed by atoms with Crippen molar-refractivity contribution in [2.24, 2.45) is 0 Å². The molecule has 0 spiro atoms. The van der Waals surface area contributed by atoms with Crippen LogP contribution in [0.5, 0.6) is 0 Å². The fourth-order valence-corrected chi connectivity index (χ4v) is 6.34. The predicted molar refractivity (Wildman–Crippen MR) is 125 cm³/mol. The Labute approximate surface area is 192 Å². The first-order valence-corrected chi connectivity index (χ1v) is 13.1. The first-order valence-electron chi connectivity index (χ1n) is 9.78. The zero-order valence-electron chi connectivity index (χ0n) is 16.4. The maximum absolute atomic E-state index is 12.8. The van der Waals surface area contributed by atoms with Gasteiger partial charge in [-0.05, 0) is 54.8 Å². The summed E-state index contributed by atoms with van der Waals surface area (Å²) in [4.78, 5) is 12.5. The van der Waals surface area contributed by atoms with Crippen molar-refractivity contribution in [1.29, 1.82) is 0 Å². The number of benzene rings is 2. The molecule has 1 fully saturated rings. The molecule has 1 amide bonds. The summed E-state index contributed by atoms with van der Waals surface area (Å²) in [6, 6.07) is 11.7. The van der Waals surface area contributed by atoms with Crippen LogP contribution in [0.15, 0.2) is 47.4 Å². The number of sulfonamides is 1. The van der Waals surface area contributed by atoms with Crippen molar-refractivity contribution in [3.63, 3.8) is 0 Å². The van der Waals surface area contributed by atoms with E-state index in [1.807, 2.05) is 0 Å². The van der Waals surface area contributed by atoms with E-state index in [1.54, 1.807) is 46.8 Å². The number of hydrogen-bond donors (Lipinski definition) is 1. The van der Waals surface area contributed by atoms with Gasteiger partial charge >= 0.3 is 0 Å². The third-order valence-corrected chi connectivity index (χ3v) is 8.46. The zero-order valence-corrected chi connectivity index (χ0v) is 19.6. The van der Waals surface area contributed by atoms with Crippen LogP contribution in [0.4, 0.5) is 5.69 Å². The SMILES string of the molecule is O=C(CSCc1c(Cl)cccc1Cl)Nc1ccc(S(=O)(=O)N2CCCCCC2)cc1. The molecule has 9 heteroatoms. The van der Waals surface area contributed by atoms with Gasteiger partial charge < -0.3 is 5.32 Å². The fraction of sp³-hybridized carbons (Fsp3) is 0.381. The Kier molecular flexibility index (Phi) is 8.48. The second-order valence-corrected chi connectivity index (χ2v) is 10.8. The number of nitrogens with zero attached hydrogens (tertiary/aromatic N) is 1. The Morgan fingerprint density at radius 2 is 1.57 bits per heavy atom. The molecule has 5 nitrogen and oxygen atoms in total. The van der Waals surface area contributed by atoms with Gasteiger partial charge in [0.1, 0.15) is 0 Å². The normalized spacial score (nSPS) is 15.5. The van der Waals surface area contributed by atoms with E-state index in [2.05, 4.69) is 5.32 Å². The molecule has 1 aliphatic heterocycles. The van der Waals surface area contributed by atoms with Crippen molar-refractivity contribution < 1.29 is 13.2 Å². The molecule has 0 aliphatic carbocycles. The van der Waals surface area contributed by atoms with Crippen LogP contribution in [0.2, 0.25) is 10.0 Å². The van der Waals surface area contributed by atoms with Crippen LogP contribution >= 0.6 is 35.0 Å². The number of carbonyl (C=O) groups is 1. The molecule has 0 atom stereocenters. The molecular weight excluding hydrogens is 463 g/mol. The van der Waals surface area contributed by atoms with Gasteiger partial charge in [-0.1, -0.05) is 42.1 Å². The Hall–Kier alpha value is -1.25. The number of anilines is 1. The van der Waals surface area contributed by atoms with E-state index < -0.39 is 10.0 Å². The van der Waals surface area contributed by atoms with E-state index in [0.717, 1.165) is 31.2 Å². The van der Waals surface area contributed by atoms with E-state index in [0.29, 0.717) is 34.6 Å². The molecule has 3 rings (SSSR count). The molecule has 162 valence electrons. The van der Waals surface area contributed by atoms with Gasteiger partial charge in [-0.15, -0.1) is 11.8 Å². The fourth-order valence-electron chi connectivity index (χ4n) is 3.25. The van der Waals surface area contributed by atoms with Crippen LogP contribution in [0.1, 0.15) is 31.2 Å². The molecule has 0 saturated carbocycles. The molecule has 2 aromatic rings. The number of thioether (sulfide) groups is 1. The first kappa shape index (κ1) is 23.4. The summed E-state index contributed by atoms with van der Waals surface area (Å²) < 4.78 is 27.2. The highest BCUT2D eigenvalue weighted by Crippen LogP contribution is 2.28. The Balaban J connectivity index is 1.54. The minimum atomic E-state index is -3.49. The lowest BCUT2D eigenvalue weighted by Crippen LogP contribution is -2.31. The molecule has 30 heavy (non-hydrogen) atoms. The van der Waals surface area contributed by atoms with Crippen LogP contribution in [-0.4, -0.2) is 37.5 Å². The van der Waals surface area contributed by atoms with Crippen molar-refractivity contribution in [3.8, 4) is 0 Å². The monoisotopic (exact) mass is 486 g/mol. The lowest BCUT2D eigenvalue weighted by atomic mass is 10.2. The zero-order chi connectivity index (χ0) is 21.6. The van der Waals surface area contributed by atoms with E-state index in [1.165, 1.54) is 11.8 Å². The average molecular weight is 487 g/mol. The van der Waals surface area contributed by atoms with E-state index in [9.17, 15) is 13.2 Å². The van der Waals surface area contributed by atoms with Crippen molar-refractivity contribution in [3.05, 3.63) is 58.1 Å². The minimum Gasteiger partial charge on any atom is -0.325 e. The van der Waals surface area contributed by atoms with Gasteiger partial charge in [-0.25, -0.2) is 8.42 Å². The van der Waals surface area contributed by atoms with Crippen LogP contribution < -0.4 is 5.32 Å². The van der Waals surface area contributed by atoms with Crippen molar-refractivity contribution >= 4 is 56.6 Å². The molecular formula is C21H24Cl2N2O3S2. The summed E-state index contributed by atoms with van der Waals surface area (Å²) in [5.74, 6) is 0.584. The highest BCUT2D eigenvalue weighted by molar-refractivity contribution is 7.99. The Morgan fingerprint density at radius 3 is 2.17 bits per heavy atom. The quantitative estimate of drug-likeness (QED) is 0.566. The van der Waals surface area contributed by atoms with Crippen LogP contribution in [0.25, 0.3) is 0 Å². The molecule has 1 heterocycles. The summed E-state index contributed by atoms with van der Waals surface area (Å²) in [5, 5.41) is 3.95. The maximum Gasteiger partial charge on any atom is 0.243 e. The summed E-state index contributed by atoms with van der Waals surface area (Å²) in [5.41, 5.74) is 1.37. The predicted octanol–water partition coefficient (Wildman–Crippen LogP) is 5.43. The molecule has 1 saturated heterocycles. The topological polar surface area (TPSA) is 66.5 Å². The third kappa shape index (κ3) is 6.14. The van der Waals surface area contributed by atoms with E-state index in [-0.39, 0.29) is 16.6 Å². The number of carbonyl (C=O) groups excluding carboxylic acids is 1. The standard InChI is InChI=1S/C21H24Cl2N2O3S2/c22-19-6-5-7-20(23)18(19)14-29-15-21(26)24-16-8-10-17(11-9-16)30(27,28)25-12-3-1-2-4-13-25/h5-11H,1-4,12-15H2,(H,24,26). The second-order valence-electron chi connectivity index (χ2n) is 7.08. The lowest BCUT2D eigenvalue weighted by molar-refractivity contribution is -0.113. The highest BCUT2D eigenvalue weighted by atomic mass is 35.5. The summed E-state index contributed by atoms with van der Waals surface area (Å²) in [6.45, 7) is 1.13. The molecule has 0 bridgehead atoms. The van der Waals surface area contributed by atoms with Gasteiger partial charge in [-0.3, -0.25) is 4.79 Å². The van der Waals surface area contributed by atoms with Gasteiger partial charge in [0.25, 0.3) is 0 Å². The molecule has 2 aromatic carbocycles. The summed E-state index contributed by atoms with van der Waals surface area (Å²) in [6.07, 6.45) is 3.92. The first-order chi connectivity index (χ1) is 14.4.